The fourth-order valence-corrected chi connectivity index (χ4v) is 2.06. The maximum absolute atomic E-state index is 5.88. The van der Waals surface area contributed by atoms with E-state index in [4.69, 9.17) is 10.5 Å². The predicted octanol–water partition coefficient (Wildman–Crippen LogP) is 2.91. The monoisotopic (exact) mass is 309 g/mol. The second kappa shape index (κ2) is 5.44. The lowest BCUT2D eigenvalue weighted by Crippen LogP contribution is -2.04. The molecule has 1 aromatic carbocycles. The number of benzene rings is 1. The van der Waals surface area contributed by atoms with Gasteiger partial charge in [0, 0.05) is 11.5 Å². The molecular formula is C13H16BrN3O. The number of aryl methyl sites for hydroxylation is 2. The molecule has 0 amide bonds. The summed E-state index contributed by atoms with van der Waals surface area (Å²) >= 11 is 3.37. The van der Waals surface area contributed by atoms with E-state index in [0.29, 0.717) is 18.0 Å². The van der Waals surface area contributed by atoms with Crippen LogP contribution >= 0.6 is 15.9 Å². The van der Waals surface area contributed by atoms with Crippen molar-refractivity contribution in [2.24, 2.45) is 7.05 Å². The van der Waals surface area contributed by atoms with Gasteiger partial charge in [-0.3, -0.25) is 4.68 Å². The lowest BCUT2D eigenvalue weighted by Gasteiger charge is -2.09. The smallest absolute Gasteiger partial charge is 0.142 e. The van der Waals surface area contributed by atoms with Gasteiger partial charge >= 0.3 is 0 Å². The van der Waals surface area contributed by atoms with Crippen molar-refractivity contribution in [2.45, 2.75) is 20.0 Å². The van der Waals surface area contributed by atoms with Crippen LogP contribution < -0.4 is 10.5 Å². The molecule has 2 aromatic rings. The fourth-order valence-electron chi connectivity index (χ4n) is 1.68. The number of rotatable bonds is 4. The van der Waals surface area contributed by atoms with Crippen molar-refractivity contribution < 1.29 is 4.74 Å². The van der Waals surface area contributed by atoms with E-state index in [1.54, 1.807) is 0 Å². The van der Waals surface area contributed by atoms with Crippen LogP contribution in [0.2, 0.25) is 0 Å². The molecular weight excluding hydrogens is 294 g/mol. The minimum Gasteiger partial charge on any atom is -0.485 e. The van der Waals surface area contributed by atoms with Gasteiger partial charge in [-0.2, -0.15) is 5.10 Å². The van der Waals surface area contributed by atoms with E-state index < -0.39 is 0 Å². The minimum absolute atomic E-state index is 0.468. The third-order valence-electron chi connectivity index (χ3n) is 2.74. The van der Waals surface area contributed by atoms with E-state index in [0.717, 1.165) is 22.3 Å². The Morgan fingerprint density at radius 2 is 2.17 bits per heavy atom. The lowest BCUT2D eigenvalue weighted by molar-refractivity contribution is 0.296. The molecule has 96 valence electrons. The van der Waals surface area contributed by atoms with E-state index >= 15 is 0 Å². The first kappa shape index (κ1) is 13.0. The highest BCUT2D eigenvalue weighted by Gasteiger charge is 2.06. The second-order valence-electron chi connectivity index (χ2n) is 4.07. The van der Waals surface area contributed by atoms with Gasteiger partial charge in [-0.25, -0.2) is 0 Å². The van der Waals surface area contributed by atoms with Crippen molar-refractivity contribution in [1.29, 1.82) is 0 Å². The van der Waals surface area contributed by atoms with Crippen molar-refractivity contribution in [1.82, 2.24) is 9.78 Å². The number of halogens is 1. The molecule has 4 nitrogen and oxygen atoms in total. The Hall–Kier alpha value is -1.49. The molecule has 0 saturated heterocycles. The largest absolute Gasteiger partial charge is 0.485 e. The molecule has 2 rings (SSSR count). The molecule has 0 bridgehead atoms. The molecule has 0 fully saturated rings. The SMILES string of the molecule is CCc1cc(COc2ccc(Br)cc2N)n(C)n1. The Kier molecular flexibility index (Phi) is 3.91. The summed E-state index contributed by atoms with van der Waals surface area (Å²) in [4.78, 5) is 0. The zero-order valence-electron chi connectivity index (χ0n) is 10.5. The normalized spacial score (nSPS) is 10.6. The minimum atomic E-state index is 0.468. The first-order valence-electron chi connectivity index (χ1n) is 5.79. The molecule has 0 spiro atoms. The van der Waals surface area contributed by atoms with Gasteiger partial charge in [0.1, 0.15) is 12.4 Å². The Bertz CT molecular complexity index is 551. The zero-order chi connectivity index (χ0) is 13.1. The van der Waals surface area contributed by atoms with E-state index in [9.17, 15) is 0 Å². The molecule has 1 heterocycles. The molecule has 2 N–H and O–H groups in total. The summed E-state index contributed by atoms with van der Waals surface area (Å²) in [5, 5.41) is 4.38. The second-order valence-corrected chi connectivity index (χ2v) is 4.99. The molecule has 0 unspecified atom stereocenters. The van der Waals surface area contributed by atoms with Crippen LogP contribution in [0.15, 0.2) is 28.7 Å². The van der Waals surface area contributed by atoms with Crippen LogP contribution in [-0.4, -0.2) is 9.78 Å². The van der Waals surface area contributed by atoms with Crippen LogP contribution in [0.3, 0.4) is 0 Å². The van der Waals surface area contributed by atoms with Crippen molar-refractivity contribution in [3.05, 3.63) is 40.1 Å². The molecule has 0 radical (unpaired) electrons. The molecule has 18 heavy (non-hydrogen) atoms. The van der Waals surface area contributed by atoms with E-state index in [1.165, 1.54) is 0 Å². The highest BCUT2D eigenvalue weighted by Crippen LogP contribution is 2.26. The number of hydrogen-bond donors (Lipinski definition) is 1. The number of ether oxygens (including phenoxy) is 1. The van der Waals surface area contributed by atoms with Crippen LogP contribution in [0.4, 0.5) is 5.69 Å². The third kappa shape index (κ3) is 2.85. The van der Waals surface area contributed by atoms with Crippen LogP contribution in [0.1, 0.15) is 18.3 Å². The maximum Gasteiger partial charge on any atom is 0.142 e. The third-order valence-corrected chi connectivity index (χ3v) is 3.23. The van der Waals surface area contributed by atoms with Gasteiger partial charge in [0.15, 0.2) is 0 Å². The van der Waals surface area contributed by atoms with Crippen LogP contribution in [0.5, 0.6) is 5.75 Å². The molecule has 0 aliphatic rings. The molecule has 0 aliphatic carbocycles. The molecule has 0 aliphatic heterocycles. The van der Waals surface area contributed by atoms with Crippen LogP contribution in [0.25, 0.3) is 0 Å². The number of nitrogen functional groups attached to an aromatic ring is 1. The maximum atomic E-state index is 5.88. The Labute approximate surface area is 115 Å². The van der Waals surface area contributed by atoms with Gasteiger partial charge in [-0.15, -0.1) is 0 Å². The average molecular weight is 310 g/mol. The van der Waals surface area contributed by atoms with Gasteiger partial charge in [-0.1, -0.05) is 22.9 Å². The number of nitrogens with zero attached hydrogens (tertiary/aromatic N) is 2. The van der Waals surface area contributed by atoms with Gasteiger partial charge in [-0.05, 0) is 30.7 Å². The lowest BCUT2D eigenvalue weighted by atomic mass is 10.3. The summed E-state index contributed by atoms with van der Waals surface area (Å²) in [6.45, 7) is 2.55. The summed E-state index contributed by atoms with van der Waals surface area (Å²) in [5.74, 6) is 0.692. The van der Waals surface area contributed by atoms with Crippen molar-refractivity contribution >= 4 is 21.6 Å². The van der Waals surface area contributed by atoms with E-state index in [2.05, 4.69) is 34.0 Å². The van der Waals surface area contributed by atoms with Crippen molar-refractivity contribution in [2.75, 3.05) is 5.73 Å². The topological polar surface area (TPSA) is 53.1 Å². The highest BCUT2D eigenvalue weighted by atomic mass is 79.9. The molecule has 0 atom stereocenters. The first-order chi connectivity index (χ1) is 8.60. The van der Waals surface area contributed by atoms with Crippen LogP contribution in [0, 0.1) is 0 Å². The summed E-state index contributed by atoms with van der Waals surface area (Å²) < 4.78 is 8.50. The first-order valence-corrected chi connectivity index (χ1v) is 6.59. The number of nitrogens with two attached hydrogens (primary N) is 1. The standard InChI is InChI=1S/C13H16BrN3O/c1-3-10-7-11(17(2)16-10)8-18-13-5-4-9(14)6-12(13)15/h4-7H,3,8,15H2,1-2H3. The number of aromatic nitrogens is 2. The molecule has 5 heteroatoms. The van der Waals surface area contributed by atoms with Gasteiger partial charge in [0.05, 0.1) is 17.1 Å². The molecule has 0 saturated carbocycles. The van der Waals surface area contributed by atoms with Crippen molar-refractivity contribution in [3.8, 4) is 5.75 Å². The zero-order valence-corrected chi connectivity index (χ0v) is 12.1. The van der Waals surface area contributed by atoms with Crippen molar-refractivity contribution in [3.63, 3.8) is 0 Å². The number of hydrogen-bond acceptors (Lipinski definition) is 3. The summed E-state index contributed by atoms with van der Waals surface area (Å²) in [5.41, 5.74) is 8.61. The van der Waals surface area contributed by atoms with Crippen LogP contribution in [-0.2, 0) is 20.1 Å². The number of anilines is 1. The summed E-state index contributed by atoms with van der Waals surface area (Å²) in [6, 6.07) is 7.65. The van der Waals surface area contributed by atoms with E-state index in [-0.39, 0.29) is 0 Å². The quantitative estimate of drug-likeness (QED) is 0.884. The summed E-state index contributed by atoms with van der Waals surface area (Å²) in [6.07, 6.45) is 0.925. The highest BCUT2D eigenvalue weighted by molar-refractivity contribution is 9.10. The Balaban J connectivity index is 2.08. The van der Waals surface area contributed by atoms with E-state index in [1.807, 2.05) is 29.9 Å². The van der Waals surface area contributed by atoms with Gasteiger partial charge in [0.25, 0.3) is 0 Å². The molecule has 1 aromatic heterocycles. The predicted molar refractivity (Wildman–Crippen MR) is 75.5 cm³/mol. The Morgan fingerprint density at radius 1 is 1.39 bits per heavy atom. The fraction of sp³-hybridized carbons (Fsp3) is 0.308. The Morgan fingerprint density at radius 3 is 2.78 bits per heavy atom. The summed E-state index contributed by atoms with van der Waals surface area (Å²) in [7, 11) is 1.92. The average Bonchev–Trinajstić information content (AvgIpc) is 2.69. The van der Waals surface area contributed by atoms with Gasteiger partial charge < -0.3 is 10.5 Å². The van der Waals surface area contributed by atoms with Gasteiger partial charge in [0.2, 0.25) is 0 Å².